The van der Waals surface area contributed by atoms with E-state index < -0.39 is 5.25 Å². The first-order chi connectivity index (χ1) is 15.9. The number of thiazole rings is 1. The van der Waals surface area contributed by atoms with Crippen molar-refractivity contribution in [3.05, 3.63) is 81.7 Å². The van der Waals surface area contributed by atoms with Crippen molar-refractivity contribution in [2.24, 2.45) is 0 Å². The van der Waals surface area contributed by atoms with Crippen LogP contribution < -0.4 is 5.32 Å². The van der Waals surface area contributed by atoms with Crippen molar-refractivity contribution in [3.8, 4) is 28.6 Å². The molecule has 2 heterocycles. The van der Waals surface area contributed by atoms with E-state index in [2.05, 4.69) is 21.4 Å². The quantitative estimate of drug-likeness (QED) is 0.278. The number of hydrogen-bond acceptors (Lipinski definition) is 6. The van der Waals surface area contributed by atoms with E-state index in [-0.39, 0.29) is 5.91 Å². The number of halogens is 2. The van der Waals surface area contributed by atoms with Crippen LogP contribution in [0.25, 0.3) is 22.5 Å². The number of nitriles is 1. The van der Waals surface area contributed by atoms with Crippen LogP contribution in [-0.2, 0) is 4.79 Å². The number of nitrogens with one attached hydrogen (secondary N) is 1. The fourth-order valence-electron chi connectivity index (χ4n) is 2.97. The number of aromatic nitrogens is 2. The Morgan fingerprint density at radius 1 is 1.09 bits per heavy atom. The average Bonchev–Trinajstić information content (AvgIpc) is 3.27. The third-order valence-electron chi connectivity index (χ3n) is 4.65. The number of hydrogen-bond donors (Lipinski definition) is 1. The minimum absolute atomic E-state index is 0.237. The largest absolute Gasteiger partial charge is 0.301 e. The Morgan fingerprint density at radius 2 is 1.88 bits per heavy atom. The van der Waals surface area contributed by atoms with Crippen molar-refractivity contribution in [1.29, 1.82) is 5.26 Å². The minimum atomic E-state index is -0.498. The molecule has 4 aromatic rings. The zero-order valence-corrected chi connectivity index (χ0v) is 20.4. The molecule has 2 aromatic heterocycles. The summed E-state index contributed by atoms with van der Waals surface area (Å²) in [5.74, 6) is -0.237. The predicted octanol–water partition coefficient (Wildman–Crippen LogP) is 7.17. The van der Waals surface area contributed by atoms with E-state index >= 15 is 0 Å². The first-order valence-electron chi connectivity index (χ1n) is 9.79. The van der Waals surface area contributed by atoms with Gasteiger partial charge in [0.05, 0.1) is 27.2 Å². The molecule has 0 saturated heterocycles. The van der Waals surface area contributed by atoms with Crippen LogP contribution in [0.1, 0.15) is 12.5 Å². The summed E-state index contributed by atoms with van der Waals surface area (Å²) in [5, 5.41) is 15.6. The van der Waals surface area contributed by atoms with E-state index in [0.717, 1.165) is 16.8 Å². The topological polar surface area (TPSA) is 78.7 Å². The van der Waals surface area contributed by atoms with E-state index in [1.807, 2.05) is 41.8 Å². The lowest BCUT2D eigenvalue weighted by Gasteiger charge is -2.12. The summed E-state index contributed by atoms with van der Waals surface area (Å²) in [6.07, 6.45) is 0. The van der Waals surface area contributed by atoms with Gasteiger partial charge in [-0.25, -0.2) is 9.97 Å². The molecule has 5 nitrogen and oxygen atoms in total. The lowest BCUT2D eigenvalue weighted by Crippen LogP contribution is -2.22. The van der Waals surface area contributed by atoms with E-state index in [1.165, 1.54) is 23.1 Å². The standard InChI is InChI=1S/C24H16Cl2N4OS2/c1-14(33-23-16(12-27)7-10-20(28-23)15-5-3-2-4-6-15)22(31)30-24-29-21(13-32-24)18-9-8-17(25)11-19(18)26/h2-11,13-14H,1H3,(H,29,30,31). The molecule has 1 amide bonds. The number of pyridine rings is 1. The maximum atomic E-state index is 12.8. The fraction of sp³-hybridized carbons (Fsp3) is 0.0833. The van der Waals surface area contributed by atoms with E-state index in [9.17, 15) is 10.1 Å². The monoisotopic (exact) mass is 510 g/mol. The van der Waals surface area contributed by atoms with Gasteiger partial charge in [-0.05, 0) is 37.3 Å². The van der Waals surface area contributed by atoms with Crippen LogP contribution in [0.5, 0.6) is 0 Å². The smallest absolute Gasteiger partial charge is 0.239 e. The lowest BCUT2D eigenvalue weighted by molar-refractivity contribution is -0.115. The van der Waals surface area contributed by atoms with Crippen LogP contribution in [0.2, 0.25) is 10.0 Å². The van der Waals surface area contributed by atoms with Gasteiger partial charge in [0.25, 0.3) is 0 Å². The maximum absolute atomic E-state index is 12.8. The zero-order chi connectivity index (χ0) is 23.4. The molecular weight excluding hydrogens is 495 g/mol. The summed E-state index contributed by atoms with van der Waals surface area (Å²) in [6, 6.07) is 20.6. The molecule has 0 aliphatic heterocycles. The third-order valence-corrected chi connectivity index (χ3v) is 7.06. The molecule has 0 fully saturated rings. The number of rotatable bonds is 6. The maximum Gasteiger partial charge on any atom is 0.239 e. The Hall–Kier alpha value is -2.89. The molecule has 2 aromatic carbocycles. The SMILES string of the molecule is CC(Sc1nc(-c2ccccc2)ccc1C#N)C(=O)Nc1nc(-c2ccc(Cl)cc2Cl)cs1. The van der Waals surface area contributed by atoms with Crippen molar-refractivity contribution in [3.63, 3.8) is 0 Å². The summed E-state index contributed by atoms with van der Waals surface area (Å²) < 4.78 is 0. The molecule has 0 aliphatic rings. The molecule has 9 heteroatoms. The van der Waals surface area contributed by atoms with Crippen molar-refractivity contribution in [2.45, 2.75) is 17.2 Å². The predicted molar refractivity (Wildman–Crippen MR) is 136 cm³/mol. The van der Waals surface area contributed by atoms with Crippen molar-refractivity contribution in [2.75, 3.05) is 5.32 Å². The Kier molecular flexibility index (Phi) is 7.31. The second-order valence-electron chi connectivity index (χ2n) is 6.94. The van der Waals surface area contributed by atoms with Crippen molar-refractivity contribution in [1.82, 2.24) is 9.97 Å². The molecule has 164 valence electrons. The van der Waals surface area contributed by atoms with Gasteiger partial charge in [0, 0.05) is 21.5 Å². The van der Waals surface area contributed by atoms with Crippen LogP contribution in [0.4, 0.5) is 5.13 Å². The molecule has 0 saturated carbocycles. The van der Waals surface area contributed by atoms with Crippen LogP contribution in [0, 0.1) is 11.3 Å². The molecule has 0 aliphatic carbocycles. The highest BCUT2D eigenvalue weighted by Gasteiger charge is 2.20. The van der Waals surface area contributed by atoms with Crippen LogP contribution in [0.3, 0.4) is 0 Å². The van der Waals surface area contributed by atoms with Gasteiger partial charge in [0.1, 0.15) is 11.1 Å². The average molecular weight is 511 g/mol. The Labute approximate surface area is 209 Å². The molecule has 0 bridgehead atoms. The fourth-order valence-corrected chi connectivity index (χ4v) is 5.08. The Morgan fingerprint density at radius 3 is 2.61 bits per heavy atom. The van der Waals surface area contributed by atoms with Crippen molar-refractivity contribution < 1.29 is 4.79 Å². The number of nitrogens with zero attached hydrogens (tertiary/aromatic N) is 3. The summed E-state index contributed by atoms with van der Waals surface area (Å²) in [6.45, 7) is 1.77. The van der Waals surface area contributed by atoms with Gasteiger partial charge in [0.2, 0.25) is 5.91 Å². The van der Waals surface area contributed by atoms with Gasteiger partial charge in [0.15, 0.2) is 5.13 Å². The molecule has 1 unspecified atom stereocenters. The first-order valence-corrected chi connectivity index (χ1v) is 12.3. The van der Waals surface area contributed by atoms with Crippen molar-refractivity contribution >= 4 is 57.3 Å². The highest BCUT2D eigenvalue weighted by atomic mass is 35.5. The van der Waals surface area contributed by atoms with Crippen LogP contribution in [-0.4, -0.2) is 21.1 Å². The van der Waals surface area contributed by atoms with Gasteiger partial charge < -0.3 is 5.32 Å². The molecule has 33 heavy (non-hydrogen) atoms. The summed E-state index contributed by atoms with van der Waals surface area (Å²) in [7, 11) is 0. The van der Waals surface area contributed by atoms with Gasteiger partial charge in [-0.3, -0.25) is 4.79 Å². The molecule has 0 radical (unpaired) electrons. The highest BCUT2D eigenvalue weighted by Crippen LogP contribution is 2.33. The van der Waals surface area contributed by atoms with Gasteiger partial charge in [-0.15, -0.1) is 11.3 Å². The van der Waals surface area contributed by atoms with Crippen LogP contribution in [0.15, 0.2) is 71.1 Å². The molecule has 1 atom stereocenters. The Bertz CT molecular complexity index is 1350. The van der Waals surface area contributed by atoms with E-state index in [1.54, 1.807) is 31.2 Å². The van der Waals surface area contributed by atoms with E-state index in [4.69, 9.17) is 23.2 Å². The van der Waals surface area contributed by atoms with Gasteiger partial charge in [-0.1, -0.05) is 65.3 Å². The minimum Gasteiger partial charge on any atom is -0.301 e. The number of anilines is 1. The molecule has 1 N–H and O–H groups in total. The van der Waals surface area contributed by atoms with Gasteiger partial charge in [-0.2, -0.15) is 5.26 Å². The normalized spacial score (nSPS) is 11.6. The zero-order valence-electron chi connectivity index (χ0n) is 17.3. The Balaban J connectivity index is 1.48. The molecular formula is C24H16Cl2N4OS2. The molecule has 4 rings (SSSR count). The number of carbonyl (C=O) groups excluding carboxylic acids is 1. The van der Waals surface area contributed by atoms with E-state index in [0.29, 0.717) is 31.5 Å². The second kappa shape index (κ2) is 10.4. The van der Waals surface area contributed by atoms with Gasteiger partial charge >= 0.3 is 0 Å². The first kappa shape index (κ1) is 23.3. The van der Waals surface area contributed by atoms with Crippen LogP contribution >= 0.6 is 46.3 Å². The molecule has 0 spiro atoms. The summed E-state index contributed by atoms with van der Waals surface area (Å²) in [4.78, 5) is 21.9. The second-order valence-corrected chi connectivity index (χ2v) is 9.97. The number of thioether (sulfide) groups is 1. The highest BCUT2D eigenvalue weighted by molar-refractivity contribution is 8.00. The number of benzene rings is 2. The summed E-state index contributed by atoms with van der Waals surface area (Å²) >= 11 is 14.8. The lowest BCUT2D eigenvalue weighted by atomic mass is 10.1. The number of carbonyl (C=O) groups is 1. The third kappa shape index (κ3) is 5.55. The summed E-state index contributed by atoms with van der Waals surface area (Å²) in [5.41, 5.74) is 3.50. The number of amides is 1.